The Labute approximate surface area is 487 Å². The maximum atomic E-state index is 12.3. The lowest BCUT2D eigenvalue weighted by Gasteiger charge is -2.21. The van der Waals surface area contributed by atoms with Gasteiger partial charge >= 0.3 is 0 Å². The molecule has 11 nitrogen and oxygen atoms in total. The minimum Gasteiger partial charge on any atom is -0.504 e. The largest absolute Gasteiger partial charge is 0.504 e. The number of hydrogen-bond acceptors (Lipinski definition) is 11. The summed E-state index contributed by atoms with van der Waals surface area (Å²) in [5.74, 6) is 1.29. The van der Waals surface area contributed by atoms with Crippen molar-refractivity contribution in [3.63, 3.8) is 0 Å². The number of benzene rings is 7. The van der Waals surface area contributed by atoms with Crippen molar-refractivity contribution in [2.45, 2.75) is 162 Å². The zero-order chi connectivity index (χ0) is 60.3. The van der Waals surface area contributed by atoms with Gasteiger partial charge in [0.05, 0.1) is 14.2 Å². The minimum absolute atomic E-state index is 0.0133. The predicted octanol–water partition coefficient (Wildman–Crippen LogP) is 14.4. The molecule has 7 aromatic carbocycles. The number of aromatic hydroxyl groups is 1. The quantitative estimate of drug-likeness (QED) is 0.0658. The lowest BCUT2D eigenvalue weighted by Crippen LogP contribution is -2.22. The maximum absolute atomic E-state index is 12.3. The summed E-state index contributed by atoms with van der Waals surface area (Å²) in [6.07, 6.45) is 11.3. The second kappa shape index (κ2) is 39.9. The molecule has 0 heterocycles. The number of halogens is 1. The number of nitrogens with two attached hydrogens (primary N) is 8. The summed E-state index contributed by atoms with van der Waals surface area (Å²) < 4.78 is 22.4. The molecule has 0 spiro atoms. The van der Waals surface area contributed by atoms with Crippen molar-refractivity contribution in [1.82, 2.24) is 0 Å². The molecule has 0 bridgehead atoms. The van der Waals surface area contributed by atoms with Gasteiger partial charge in [0.1, 0.15) is 11.6 Å². The van der Waals surface area contributed by atoms with Crippen LogP contribution in [0.15, 0.2) is 170 Å². The van der Waals surface area contributed by atoms with E-state index < -0.39 is 0 Å². The topological polar surface area (TPSA) is 247 Å². The Morgan fingerprint density at radius 1 is 0.481 bits per heavy atom. The van der Waals surface area contributed by atoms with Crippen LogP contribution in [0.3, 0.4) is 0 Å². The highest BCUT2D eigenvalue weighted by molar-refractivity contribution is 5.42. The SMILES string of the molecule is CC(N)c1ccc(F)cc1.CC(N)c1ccccc1.CCC(N)c1ccccc1.COc1cc(C(C)N)ccc1C.COc1cc(C(C)N)ccc1O.Cc1ccc(C(C)N)cc1.NC1CCCCC1.NC1CCCc2ccccc21. The molecule has 12 heteroatoms. The fourth-order valence-electron chi connectivity index (χ4n) is 8.35. The van der Waals surface area contributed by atoms with E-state index in [-0.39, 0.29) is 47.8 Å². The van der Waals surface area contributed by atoms with Crippen molar-refractivity contribution in [2.75, 3.05) is 14.2 Å². The van der Waals surface area contributed by atoms with Gasteiger partial charge in [0.25, 0.3) is 0 Å². The first-order chi connectivity index (χ1) is 38.6. The lowest BCUT2D eigenvalue weighted by molar-refractivity contribution is 0.372. The van der Waals surface area contributed by atoms with Crippen LogP contribution in [0.1, 0.15) is 191 Å². The van der Waals surface area contributed by atoms with Crippen molar-refractivity contribution >= 4 is 0 Å². The van der Waals surface area contributed by atoms with Crippen LogP contribution < -0.4 is 55.3 Å². The maximum Gasteiger partial charge on any atom is 0.160 e. The van der Waals surface area contributed by atoms with E-state index in [0.717, 1.165) is 40.8 Å². The molecule has 9 rings (SSSR count). The Balaban J connectivity index is 0.000000317. The van der Waals surface area contributed by atoms with Gasteiger partial charge in [0.15, 0.2) is 11.5 Å². The summed E-state index contributed by atoms with van der Waals surface area (Å²) in [4.78, 5) is 0. The molecule has 1 saturated carbocycles. The van der Waals surface area contributed by atoms with Crippen LogP contribution in [0.25, 0.3) is 0 Å². The number of methoxy groups -OCH3 is 2. The van der Waals surface area contributed by atoms with Gasteiger partial charge in [0, 0.05) is 48.3 Å². The van der Waals surface area contributed by atoms with E-state index in [4.69, 9.17) is 55.3 Å². The second-order valence-electron chi connectivity index (χ2n) is 21.0. The van der Waals surface area contributed by atoms with E-state index >= 15 is 0 Å². The number of phenols is 1. The Morgan fingerprint density at radius 3 is 1.33 bits per heavy atom. The zero-order valence-corrected chi connectivity index (χ0v) is 50.4. The van der Waals surface area contributed by atoms with Gasteiger partial charge in [-0.25, -0.2) is 4.39 Å². The molecule has 0 amide bonds. The predicted molar refractivity (Wildman–Crippen MR) is 340 cm³/mol. The van der Waals surface area contributed by atoms with E-state index in [1.807, 2.05) is 108 Å². The summed E-state index contributed by atoms with van der Waals surface area (Å²) >= 11 is 0. The molecule has 2 aliphatic rings. The Kier molecular flexibility index (Phi) is 34.8. The smallest absolute Gasteiger partial charge is 0.160 e. The molecule has 7 unspecified atom stereocenters. The minimum atomic E-state index is -0.218. The van der Waals surface area contributed by atoms with Gasteiger partial charge in [-0.1, -0.05) is 171 Å². The van der Waals surface area contributed by atoms with E-state index in [1.54, 1.807) is 37.4 Å². The normalized spacial score (nSPS) is 15.3. The molecule has 442 valence electrons. The van der Waals surface area contributed by atoms with Crippen LogP contribution in [0.5, 0.6) is 17.2 Å². The van der Waals surface area contributed by atoms with Crippen LogP contribution in [-0.2, 0) is 6.42 Å². The number of phenolic OH excluding ortho intramolecular Hbond substituents is 1. The Bertz CT molecular complexity index is 2590. The summed E-state index contributed by atoms with van der Waals surface area (Å²) in [6, 6.07) is 55.8. The van der Waals surface area contributed by atoms with E-state index in [9.17, 15) is 9.50 Å². The summed E-state index contributed by atoms with van der Waals surface area (Å²) in [6.45, 7) is 15.9. The van der Waals surface area contributed by atoms with Crippen LogP contribution in [0.2, 0.25) is 0 Å². The first kappa shape index (κ1) is 70.7. The standard InChI is InChI=1S/C10H15NO.C10H13N.C9H13NO2.2C9H13N.C8H10FN.C8H11N.C6H13N/c1-7-4-5-9(8(2)11)6-10(7)12-3;11-10-7-3-5-8-4-1-2-6-9(8)10;1-6(10)7-3-4-8(11)9(5-7)12-2;1-7-3-5-9(6-4-7)8(2)10;1-2-9(10)8-6-4-3-5-7-8;1-6(10)7-2-4-8(9)5-3-7;1-7(9)8-5-3-2-4-6-8;7-6-4-2-1-3-5-6/h4-6,8H,11H2,1-3H3;1-2,4,6,10H,3,5,7,11H2;3-6,11H,10H2,1-2H3;3-6,8H,10H2,1-2H3;3-7,9H,2,10H2,1H3;2-6H,10H2,1H3;2-7H,9H2,1H3;6H,1-5,7H2. The lowest BCUT2D eigenvalue weighted by atomic mass is 9.88. The molecule has 7 aromatic rings. The van der Waals surface area contributed by atoms with E-state index in [0.29, 0.717) is 17.8 Å². The first-order valence-electron chi connectivity index (χ1n) is 28.7. The van der Waals surface area contributed by atoms with Crippen molar-refractivity contribution in [1.29, 1.82) is 0 Å². The second-order valence-corrected chi connectivity index (χ2v) is 21.0. The van der Waals surface area contributed by atoms with Crippen molar-refractivity contribution in [2.24, 2.45) is 45.9 Å². The molecule has 7 atom stereocenters. The average Bonchev–Trinajstić information content (AvgIpc) is 3.47. The molecule has 0 radical (unpaired) electrons. The monoisotopic (exact) mass is 1110 g/mol. The third kappa shape index (κ3) is 28.7. The summed E-state index contributed by atoms with van der Waals surface area (Å²) in [7, 11) is 3.19. The first-order valence-corrected chi connectivity index (χ1v) is 28.7. The molecule has 81 heavy (non-hydrogen) atoms. The fraction of sp³-hybridized carbons (Fsp3) is 0.391. The number of fused-ring (bicyclic) bond motifs is 1. The molecule has 1 fully saturated rings. The number of aryl methyl sites for hydroxylation is 3. The van der Waals surface area contributed by atoms with Crippen molar-refractivity contribution in [3.8, 4) is 17.2 Å². The fourth-order valence-corrected chi connectivity index (χ4v) is 8.35. The number of hydrogen-bond donors (Lipinski definition) is 9. The highest BCUT2D eigenvalue weighted by Gasteiger charge is 2.15. The summed E-state index contributed by atoms with van der Waals surface area (Å²) in [5, 5.41) is 9.25. The highest BCUT2D eigenvalue weighted by atomic mass is 19.1. The molecule has 17 N–H and O–H groups in total. The molecule has 0 aromatic heterocycles. The van der Waals surface area contributed by atoms with Crippen LogP contribution in [0.4, 0.5) is 4.39 Å². The van der Waals surface area contributed by atoms with Gasteiger partial charge in [-0.15, -0.1) is 0 Å². The van der Waals surface area contributed by atoms with Crippen LogP contribution >= 0.6 is 0 Å². The van der Waals surface area contributed by atoms with Gasteiger partial charge in [-0.3, -0.25) is 0 Å². The van der Waals surface area contributed by atoms with Crippen LogP contribution in [-0.4, -0.2) is 25.4 Å². The van der Waals surface area contributed by atoms with Gasteiger partial charge < -0.3 is 60.4 Å². The van der Waals surface area contributed by atoms with E-state index in [2.05, 4.69) is 74.5 Å². The summed E-state index contributed by atoms with van der Waals surface area (Å²) in [5.41, 5.74) is 57.4. The number of rotatable bonds is 9. The zero-order valence-electron chi connectivity index (χ0n) is 50.4. The van der Waals surface area contributed by atoms with Gasteiger partial charge in [0.2, 0.25) is 0 Å². The number of ether oxygens (including phenoxy) is 2. The molecular formula is C69H101FN8O3. The molecular weight excluding hydrogens is 1010 g/mol. The van der Waals surface area contributed by atoms with Crippen molar-refractivity contribution < 1.29 is 19.0 Å². The highest BCUT2D eigenvalue weighted by Crippen LogP contribution is 2.29. The van der Waals surface area contributed by atoms with E-state index in [1.165, 1.54) is 97.6 Å². The Morgan fingerprint density at radius 2 is 0.901 bits per heavy atom. The van der Waals surface area contributed by atoms with Gasteiger partial charge in [-0.05, 0) is 167 Å². The third-order valence-corrected chi connectivity index (χ3v) is 13.7. The molecule has 0 saturated heterocycles. The van der Waals surface area contributed by atoms with Gasteiger partial charge in [-0.2, -0.15) is 0 Å². The third-order valence-electron chi connectivity index (χ3n) is 13.7. The molecule has 2 aliphatic carbocycles. The van der Waals surface area contributed by atoms with Crippen LogP contribution in [0, 0.1) is 19.7 Å². The Hall–Kier alpha value is -6.45. The molecule has 0 aliphatic heterocycles. The average molecular weight is 1110 g/mol. The van der Waals surface area contributed by atoms with Crippen molar-refractivity contribution in [3.05, 3.63) is 231 Å².